The predicted molar refractivity (Wildman–Crippen MR) is 165 cm³/mol. The molecule has 0 aliphatic carbocycles. The lowest BCUT2D eigenvalue weighted by Gasteiger charge is -2.31. The number of fused-ring (bicyclic) bond motifs is 1. The Morgan fingerprint density at radius 3 is 2.67 bits per heavy atom. The van der Waals surface area contributed by atoms with Crippen molar-refractivity contribution in [3.05, 3.63) is 77.5 Å². The summed E-state index contributed by atoms with van der Waals surface area (Å²) in [4.78, 5) is 64.9. The van der Waals surface area contributed by atoms with Crippen LogP contribution in [0.5, 0.6) is 0 Å². The van der Waals surface area contributed by atoms with Crippen LogP contribution in [0.1, 0.15) is 47.7 Å². The minimum absolute atomic E-state index is 0.0879. The molecule has 1 saturated heterocycles. The Labute approximate surface area is 257 Å². The van der Waals surface area contributed by atoms with E-state index in [9.17, 15) is 29.1 Å². The maximum absolute atomic E-state index is 13.0. The molecule has 2 unspecified atom stereocenters. The summed E-state index contributed by atoms with van der Waals surface area (Å²) in [5.41, 5.74) is 3.02. The summed E-state index contributed by atoms with van der Waals surface area (Å²) in [6, 6.07) is 13.7. The van der Waals surface area contributed by atoms with Crippen LogP contribution in [0.2, 0.25) is 0 Å². The normalized spacial score (nSPS) is 16.7. The predicted octanol–water partition coefficient (Wildman–Crippen LogP) is 4.26. The standard InChI is InChI=1S/C30H34N4O7S2/c1-19-11-12-25(28(38)31-19)34-17-23-22(29(34)39)9-6-10-24(23)32-30(40)41-13-14-42-43-20(2)15-26(35)33(18-27(36)37)16-21-7-4-3-5-8-21/h3-10,20,25H,1,11-18H2,2H3,(H,31,38)(H,32,40)(H,36,37). The van der Waals surface area contributed by atoms with E-state index >= 15 is 0 Å². The van der Waals surface area contributed by atoms with E-state index in [2.05, 4.69) is 17.2 Å². The van der Waals surface area contributed by atoms with Crippen LogP contribution in [0.25, 0.3) is 0 Å². The number of rotatable bonds is 13. The fourth-order valence-electron chi connectivity index (χ4n) is 4.87. The van der Waals surface area contributed by atoms with Crippen LogP contribution in [0.4, 0.5) is 10.5 Å². The van der Waals surface area contributed by atoms with E-state index in [1.54, 1.807) is 18.2 Å². The van der Waals surface area contributed by atoms with E-state index < -0.39 is 18.1 Å². The quantitative estimate of drug-likeness (QED) is 0.219. The topological polar surface area (TPSA) is 145 Å². The molecular weight excluding hydrogens is 592 g/mol. The van der Waals surface area contributed by atoms with Gasteiger partial charge in [-0.3, -0.25) is 24.5 Å². The number of allylic oxidation sites excluding steroid dienone is 1. The van der Waals surface area contributed by atoms with Crippen molar-refractivity contribution < 1.29 is 33.8 Å². The third-order valence-electron chi connectivity index (χ3n) is 6.92. The number of nitrogens with one attached hydrogen (secondary N) is 2. The van der Waals surface area contributed by atoms with E-state index in [1.807, 2.05) is 37.3 Å². The summed E-state index contributed by atoms with van der Waals surface area (Å²) >= 11 is 0. The number of amides is 4. The summed E-state index contributed by atoms with van der Waals surface area (Å²) in [6.07, 6.45) is 0.596. The van der Waals surface area contributed by atoms with Crippen molar-refractivity contribution >= 4 is 57.1 Å². The molecule has 11 nitrogen and oxygen atoms in total. The number of carbonyl (C=O) groups is 5. The smallest absolute Gasteiger partial charge is 0.411 e. The minimum Gasteiger partial charge on any atom is -0.480 e. The molecule has 1 fully saturated rings. The van der Waals surface area contributed by atoms with Crippen molar-refractivity contribution in [2.45, 2.75) is 50.6 Å². The van der Waals surface area contributed by atoms with Crippen molar-refractivity contribution in [2.24, 2.45) is 0 Å². The molecular formula is C30H34N4O7S2. The highest BCUT2D eigenvalue weighted by Crippen LogP contribution is 2.33. The van der Waals surface area contributed by atoms with E-state index in [-0.39, 0.29) is 55.6 Å². The van der Waals surface area contributed by atoms with Crippen LogP contribution in [0.15, 0.2) is 60.8 Å². The lowest BCUT2D eigenvalue weighted by Crippen LogP contribution is -2.49. The van der Waals surface area contributed by atoms with Crippen LogP contribution >= 0.6 is 21.6 Å². The van der Waals surface area contributed by atoms with Gasteiger partial charge in [-0.1, -0.05) is 71.5 Å². The molecule has 0 saturated carbocycles. The van der Waals surface area contributed by atoms with E-state index in [0.717, 1.165) is 5.56 Å². The van der Waals surface area contributed by atoms with E-state index in [4.69, 9.17) is 4.74 Å². The zero-order chi connectivity index (χ0) is 30.9. The molecule has 2 aromatic carbocycles. The lowest BCUT2D eigenvalue weighted by atomic mass is 10.0. The number of anilines is 1. The average Bonchev–Trinajstić information content (AvgIpc) is 3.29. The monoisotopic (exact) mass is 626 g/mol. The summed E-state index contributed by atoms with van der Waals surface area (Å²) in [5, 5.41) is 14.6. The van der Waals surface area contributed by atoms with Crippen molar-refractivity contribution in [3.8, 4) is 0 Å². The van der Waals surface area contributed by atoms with Gasteiger partial charge in [0.1, 0.15) is 19.2 Å². The molecule has 2 aliphatic rings. The maximum atomic E-state index is 13.0. The maximum Gasteiger partial charge on any atom is 0.411 e. The fraction of sp³-hybridized carbons (Fsp3) is 0.367. The van der Waals surface area contributed by atoms with E-state index in [1.165, 1.54) is 31.4 Å². The van der Waals surface area contributed by atoms with Crippen LogP contribution in [-0.2, 0) is 32.2 Å². The Kier molecular flexibility index (Phi) is 11.1. The van der Waals surface area contributed by atoms with Crippen molar-refractivity contribution in [3.63, 3.8) is 0 Å². The molecule has 0 aromatic heterocycles. The Morgan fingerprint density at radius 2 is 1.95 bits per heavy atom. The number of nitrogens with zero attached hydrogens (tertiary/aromatic N) is 2. The number of piperidine rings is 1. The number of ether oxygens (including phenoxy) is 1. The number of hydrogen-bond acceptors (Lipinski definition) is 8. The highest BCUT2D eigenvalue weighted by molar-refractivity contribution is 8.76. The third kappa shape index (κ3) is 8.77. The fourth-order valence-corrected chi connectivity index (χ4v) is 6.95. The summed E-state index contributed by atoms with van der Waals surface area (Å²) in [6.45, 7) is 5.84. The van der Waals surface area contributed by atoms with Crippen molar-refractivity contribution in [2.75, 3.05) is 24.2 Å². The Bertz CT molecular complexity index is 1390. The molecule has 0 bridgehead atoms. The first-order chi connectivity index (χ1) is 20.6. The SMILES string of the molecule is C=C1CCC(N2Cc3c(NC(=O)OCCSSC(C)CC(=O)N(CC(=O)O)Cc4ccccc4)cccc3C2=O)C(=O)N1. The average molecular weight is 627 g/mol. The molecule has 13 heteroatoms. The second-order valence-electron chi connectivity index (χ2n) is 10.2. The molecule has 3 N–H and O–H groups in total. The van der Waals surface area contributed by atoms with Gasteiger partial charge in [-0.25, -0.2) is 4.79 Å². The van der Waals surface area contributed by atoms with Gasteiger partial charge in [0.2, 0.25) is 11.8 Å². The van der Waals surface area contributed by atoms with E-state index in [0.29, 0.717) is 41.1 Å². The number of aliphatic carboxylic acids is 1. The van der Waals surface area contributed by atoms with Gasteiger partial charge in [0.15, 0.2) is 0 Å². The number of benzene rings is 2. The molecule has 2 heterocycles. The number of carboxylic acids is 1. The van der Waals surface area contributed by atoms with Gasteiger partial charge in [0, 0.05) is 53.0 Å². The second kappa shape index (κ2) is 15.0. The van der Waals surface area contributed by atoms with Gasteiger partial charge in [-0.15, -0.1) is 0 Å². The molecule has 4 rings (SSSR count). The van der Waals surface area contributed by atoms with Gasteiger partial charge in [-0.2, -0.15) is 0 Å². The number of carboxylic acid groups (broad SMARTS) is 1. The van der Waals surface area contributed by atoms with Crippen LogP contribution < -0.4 is 10.6 Å². The van der Waals surface area contributed by atoms with Gasteiger partial charge in [0.25, 0.3) is 5.91 Å². The van der Waals surface area contributed by atoms with Gasteiger partial charge < -0.3 is 25.0 Å². The Balaban J connectivity index is 1.19. The summed E-state index contributed by atoms with van der Waals surface area (Å²) < 4.78 is 5.32. The zero-order valence-corrected chi connectivity index (χ0v) is 25.4. The zero-order valence-electron chi connectivity index (χ0n) is 23.7. The summed E-state index contributed by atoms with van der Waals surface area (Å²) in [5.74, 6) is -1.36. The van der Waals surface area contributed by atoms with Gasteiger partial charge in [-0.05, 0) is 30.5 Å². The number of hydrogen-bond donors (Lipinski definition) is 3. The highest BCUT2D eigenvalue weighted by Gasteiger charge is 2.39. The summed E-state index contributed by atoms with van der Waals surface area (Å²) in [7, 11) is 2.91. The Morgan fingerprint density at radius 1 is 1.19 bits per heavy atom. The number of carbonyl (C=O) groups excluding carboxylic acids is 4. The first kappa shape index (κ1) is 32.0. The molecule has 0 spiro atoms. The highest BCUT2D eigenvalue weighted by atomic mass is 33.1. The van der Waals surface area contributed by atoms with Crippen molar-refractivity contribution in [1.29, 1.82) is 0 Å². The second-order valence-corrected chi connectivity index (χ2v) is 13.2. The van der Waals surface area contributed by atoms with Crippen LogP contribution in [-0.4, -0.2) is 74.9 Å². The van der Waals surface area contributed by atoms with Gasteiger partial charge >= 0.3 is 12.1 Å². The van der Waals surface area contributed by atoms with Crippen molar-refractivity contribution in [1.82, 2.24) is 15.1 Å². The molecule has 0 radical (unpaired) electrons. The molecule has 2 aromatic rings. The molecule has 43 heavy (non-hydrogen) atoms. The first-order valence-electron chi connectivity index (χ1n) is 13.8. The van der Waals surface area contributed by atoms with Crippen LogP contribution in [0.3, 0.4) is 0 Å². The van der Waals surface area contributed by atoms with Gasteiger partial charge in [0.05, 0.1) is 0 Å². The molecule has 2 aliphatic heterocycles. The molecule has 2 atom stereocenters. The first-order valence-corrected chi connectivity index (χ1v) is 16.2. The minimum atomic E-state index is -1.07. The molecule has 228 valence electrons. The largest absolute Gasteiger partial charge is 0.480 e. The lowest BCUT2D eigenvalue weighted by molar-refractivity contribution is -0.144. The van der Waals surface area contributed by atoms with Crippen LogP contribution in [0, 0.1) is 0 Å². The Hall–Kier alpha value is -3.97. The molecule has 4 amide bonds. The third-order valence-corrected chi connectivity index (χ3v) is 9.78.